The zero-order valence-corrected chi connectivity index (χ0v) is 16.1. The van der Waals surface area contributed by atoms with Crippen molar-refractivity contribution in [2.75, 3.05) is 32.1 Å². The molecule has 0 bridgehead atoms. The van der Waals surface area contributed by atoms with Gasteiger partial charge in [-0.1, -0.05) is 17.7 Å². The zero-order chi connectivity index (χ0) is 18.6. The van der Waals surface area contributed by atoms with Gasteiger partial charge in [-0.15, -0.1) is 0 Å². The molecule has 0 aliphatic carbocycles. The second-order valence-electron chi connectivity index (χ2n) is 6.48. The lowest BCUT2D eigenvalue weighted by atomic mass is 10.1. The number of aromatic nitrogens is 1. The standard InChI is InChI=1S/C19H25N3O3S/c1-15-5-7-18(25-2)16(13-15)9-10-20-19-8-6-17(14-21-19)26(23,24)22-11-3-4-12-22/h5-8,13-14H,3-4,9-12H2,1-2H3,(H,20,21). The zero-order valence-electron chi connectivity index (χ0n) is 15.2. The van der Waals surface area contributed by atoms with E-state index in [1.165, 1.54) is 16.1 Å². The van der Waals surface area contributed by atoms with Crippen molar-refractivity contribution in [2.45, 2.75) is 31.1 Å². The largest absolute Gasteiger partial charge is 0.496 e. The summed E-state index contributed by atoms with van der Waals surface area (Å²) < 4.78 is 31.9. The van der Waals surface area contributed by atoms with Crippen molar-refractivity contribution in [3.63, 3.8) is 0 Å². The molecule has 0 amide bonds. The van der Waals surface area contributed by atoms with E-state index in [1.807, 2.05) is 12.1 Å². The number of ether oxygens (including phenoxy) is 1. The van der Waals surface area contributed by atoms with E-state index in [0.717, 1.165) is 30.6 Å². The first kappa shape index (κ1) is 18.7. The van der Waals surface area contributed by atoms with Crippen LogP contribution in [0.2, 0.25) is 0 Å². The summed E-state index contributed by atoms with van der Waals surface area (Å²) >= 11 is 0. The van der Waals surface area contributed by atoms with Crippen molar-refractivity contribution in [2.24, 2.45) is 0 Å². The van der Waals surface area contributed by atoms with Crippen molar-refractivity contribution < 1.29 is 13.2 Å². The van der Waals surface area contributed by atoms with E-state index in [-0.39, 0.29) is 4.90 Å². The molecule has 2 heterocycles. The molecule has 0 unspecified atom stereocenters. The summed E-state index contributed by atoms with van der Waals surface area (Å²) in [4.78, 5) is 4.51. The van der Waals surface area contributed by atoms with Gasteiger partial charge < -0.3 is 10.1 Å². The van der Waals surface area contributed by atoms with Crippen LogP contribution in [0.4, 0.5) is 5.82 Å². The molecule has 6 nitrogen and oxygen atoms in total. The fourth-order valence-corrected chi connectivity index (χ4v) is 4.61. The minimum absolute atomic E-state index is 0.255. The average Bonchev–Trinajstić information content (AvgIpc) is 3.18. The summed E-state index contributed by atoms with van der Waals surface area (Å²) in [7, 11) is -1.74. The minimum atomic E-state index is -3.41. The fourth-order valence-electron chi connectivity index (χ4n) is 3.14. The number of methoxy groups -OCH3 is 1. The first-order chi connectivity index (χ1) is 12.5. The van der Waals surface area contributed by atoms with Gasteiger partial charge in [-0.3, -0.25) is 0 Å². The van der Waals surface area contributed by atoms with Crippen LogP contribution in [0.25, 0.3) is 0 Å². The molecule has 1 aliphatic heterocycles. The summed E-state index contributed by atoms with van der Waals surface area (Å²) in [5.41, 5.74) is 2.32. The van der Waals surface area contributed by atoms with Gasteiger partial charge in [0.2, 0.25) is 10.0 Å². The Balaban J connectivity index is 1.61. The average molecular weight is 375 g/mol. The highest BCUT2D eigenvalue weighted by molar-refractivity contribution is 7.89. The van der Waals surface area contributed by atoms with Crippen LogP contribution in [-0.2, 0) is 16.4 Å². The van der Waals surface area contributed by atoms with E-state index in [4.69, 9.17) is 4.74 Å². The van der Waals surface area contributed by atoms with E-state index < -0.39 is 10.0 Å². The molecule has 0 radical (unpaired) electrons. The molecule has 7 heteroatoms. The van der Waals surface area contributed by atoms with Crippen LogP contribution >= 0.6 is 0 Å². The Labute approximate surface area is 155 Å². The first-order valence-corrected chi connectivity index (χ1v) is 10.3. The number of sulfonamides is 1. The van der Waals surface area contributed by atoms with Crippen LogP contribution in [0.5, 0.6) is 5.75 Å². The summed E-state index contributed by atoms with van der Waals surface area (Å²) in [5, 5.41) is 3.24. The van der Waals surface area contributed by atoms with Gasteiger partial charge in [0.1, 0.15) is 16.5 Å². The van der Waals surface area contributed by atoms with Crippen molar-refractivity contribution in [3.8, 4) is 5.75 Å². The molecule has 0 saturated carbocycles. The minimum Gasteiger partial charge on any atom is -0.496 e. The lowest BCUT2D eigenvalue weighted by Crippen LogP contribution is -2.27. The number of hydrogen-bond acceptors (Lipinski definition) is 5. The molecule has 1 aromatic carbocycles. The predicted octanol–water partition coefficient (Wildman–Crippen LogP) is 2.84. The third-order valence-electron chi connectivity index (χ3n) is 4.58. The Kier molecular flexibility index (Phi) is 5.78. The SMILES string of the molecule is COc1ccc(C)cc1CCNc1ccc(S(=O)(=O)N2CCCC2)cn1. The molecular weight excluding hydrogens is 350 g/mol. The van der Waals surface area contributed by atoms with Gasteiger partial charge in [0, 0.05) is 25.8 Å². The maximum absolute atomic E-state index is 12.5. The quantitative estimate of drug-likeness (QED) is 0.806. The van der Waals surface area contributed by atoms with Crippen LogP contribution in [-0.4, -0.2) is 44.5 Å². The number of nitrogens with one attached hydrogen (secondary N) is 1. The van der Waals surface area contributed by atoms with E-state index in [9.17, 15) is 8.42 Å². The number of aryl methyl sites for hydroxylation is 1. The molecule has 1 N–H and O–H groups in total. The molecule has 0 spiro atoms. The molecule has 3 rings (SSSR count). The predicted molar refractivity (Wildman–Crippen MR) is 102 cm³/mol. The Morgan fingerprint density at radius 3 is 2.62 bits per heavy atom. The molecule has 1 aromatic heterocycles. The van der Waals surface area contributed by atoms with Gasteiger partial charge in [0.05, 0.1) is 7.11 Å². The van der Waals surface area contributed by atoms with Gasteiger partial charge >= 0.3 is 0 Å². The monoisotopic (exact) mass is 375 g/mol. The lowest BCUT2D eigenvalue weighted by molar-refractivity contribution is 0.410. The van der Waals surface area contributed by atoms with Gasteiger partial charge in [-0.05, 0) is 49.9 Å². The second kappa shape index (κ2) is 8.05. The molecule has 26 heavy (non-hydrogen) atoms. The summed E-state index contributed by atoms with van der Waals surface area (Å²) in [6.07, 6.45) is 4.08. The number of anilines is 1. The number of benzene rings is 1. The molecule has 0 atom stereocenters. The highest BCUT2D eigenvalue weighted by Crippen LogP contribution is 2.22. The van der Waals surface area contributed by atoms with Crippen molar-refractivity contribution in [1.29, 1.82) is 0 Å². The summed E-state index contributed by atoms with van der Waals surface area (Å²) in [6.45, 7) is 3.93. The van der Waals surface area contributed by atoms with Crippen LogP contribution in [0, 0.1) is 6.92 Å². The fraction of sp³-hybridized carbons (Fsp3) is 0.421. The molecule has 1 fully saturated rings. The van der Waals surface area contributed by atoms with E-state index >= 15 is 0 Å². The lowest BCUT2D eigenvalue weighted by Gasteiger charge is -2.15. The number of nitrogens with zero attached hydrogens (tertiary/aromatic N) is 2. The van der Waals surface area contributed by atoms with E-state index in [2.05, 4.69) is 23.3 Å². The summed E-state index contributed by atoms with van der Waals surface area (Å²) in [6, 6.07) is 9.45. The maximum Gasteiger partial charge on any atom is 0.244 e. The highest BCUT2D eigenvalue weighted by Gasteiger charge is 2.27. The van der Waals surface area contributed by atoms with Crippen molar-refractivity contribution in [3.05, 3.63) is 47.7 Å². The molecule has 140 valence electrons. The van der Waals surface area contributed by atoms with Crippen molar-refractivity contribution in [1.82, 2.24) is 9.29 Å². The third kappa shape index (κ3) is 4.16. The molecule has 1 aliphatic rings. The Morgan fingerprint density at radius 1 is 1.19 bits per heavy atom. The van der Waals surface area contributed by atoms with Gasteiger partial charge in [-0.2, -0.15) is 4.31 Å². The maximum atomic E-state index is 12.5. The van der Waals surface area contributed by atoms with Gasteiger partial charge in [-0.25, -0.2) is 13.4 Å². The van der Waals surface area contributed by atoms with Crippen LogP contribution in [0.1, 0.15) is 24.0 Å². The number of rotatable bonds is 7. The number of hydrogen-bond donors (Lipinski definition) is 1. The number of pyridine rings is 1. The Bertz CT molecular complexity index is 845. The normalized spacial score (nSPS) is 15.2. The smallest absolute Gasteiger partial charge is 0.244 e. The van der Waals surface area contributed by atoms with Crippen LogP contribution in [0.3, 0.4) is 0 Å². The first-order valence-electron chi connectivity index (χ1n) is 8.84. The third-order valence-corrected chi connectivity index (χ3v) is 6.46. The van der Waals surface area contributed by atoms with Gasteiger partial charge in [0.25, 0.3) is 0 Å². The van der Waals surface area contributed by atoms with Crippen LogP contribution in [0.15, 0.2) is 41.4 Å². The topological polar surface area (TPSA) is 71.5 Å². The molecule has 1 saturated heterocycles. The Morgan fingerprint density at radius 2 is 1.96 bits per heavy atom. The molecule has 2 aromatic rings. The van der Waals surface area contributed by atoms with Crippen molar-refractivity contribution >= 4 is 15.8 Å². The second-order valence-corrected chi connectivity index (χ2v) is 8.42. The summed E-state index contributed by atoms with van der Waals surface area (Å²) in [5.74, 6) is 1.54. The van der Waals surface area contributed by atoms with Crippen LogP contribution < -0.4 is 10.1 Å². The van der Waals surface area contributed by atoms with E-state index in [0.29, 0.717) is 25.5 Å². The highest BCUT2D eigenvalue weighted by atomic mass is 32.2. The molecular formula is C19H25N3O3S. The Hall–Kier alpha value is -2.12. The van der Waals surface area contributed by atoms with E-state index in [1.54, 1.807) is 19.2 Å². The van der Waals surface area contributed by atoms with Gasteiger partial charge in [0.15, 0.2) is 0 Å².